The quantitative estimate of drug-likeness (QED) is 0.786. The van der Waals surface area contributed by atoms with Gasteiger partial charge < -0.3 is 14.8 Å². The summed E-state index contributed by atoms with van der Waals surface area (Å²) in [5, 5.41) is 18.6. The van der Waals surface area contributed by atoms with Crippen molar-refractivity contribution in [1.82, 2.24) is 10.2 Å². The Morgan fingerprint density at radius 3 is 2.75 bits per heavy atom. The van der Waals surface area contributed by atoms with Crippen LogP contribution in [0.15, 0.2) is 16.6 Å². The number of carbonyl (C=O) groups excluding carboxylic acids is 1. The molecule has 2 aromatic rings. The number of nitriles is 1. The zero-order valence-electron chi connectivity index (χ0n) is 13.6. The molecule has 2 rings (SSSR count). The van der Waals surface area contributed by atoms with Crippen LogP contribution in [0.4, 0.5) is 5.69 Å². The highest BCUT2D eigenvalue weighted by atomic mass is 79.9. The van der Waals surface area contributed by atoms with Crippen molar-refractivity contribution in [2.45, 2.75) is 20.8 Å². The molecule has 126 valence electrons. The third-order valence-electron chi connectivity index (χ3n) is 3.18. The number of hydrogen-bond acceptors (Lipinski definition) is 5. The van der Waals surface area contributed by atoms with E-state index < -0.39 is 0 Å². The maximum absolute atomic E-state index is 12.1. The van der Waals surface area contributed by atoms with Crippen molar-refractivity contribution in [3.63, 3.8) is 0 Å². The van der Waals surface area contributed by atoms with Crippen LogP contribution in [0.2, 0.25) is 0 Å². The Hall–Kier alpha value is -2.53. The Morgan fingerprint density at radius 2 is 2.17 bits per heavy atom. The number of aromatic nitrogens is 2. The molecule has 24 heavy (non-hydrogen) atoms. The average molecular weight is 393 g/mol. The van der Waals surface area contributed by atoms with Gasteiger partial charge in [0.25, 0.3) is 5.91 Å². The lowest BCUT2D eigenvalue weighted by Crippen LogP contribution is -2.21. The normalized spacial score (nSPS) is 10.1. The fraction of sp³-hybridized carbons (Fsp3) is 0.312. The predicted octanol–water partition coefficient (Wildman–Crippen LogP) is 3.08. The summed E-state index contributed by atoms with van der Waals surface area (Å²) in [6.07, 6.45) is 0. The van der Waals surface area contributed by atoms with Crippen molar-refractivity contribution in [2.75, 3.05) is 18.5 Å². The molecule has 1 aromatic carbocycles. The molecule has 0 radical (unpaired) electrons. The second kappa shape index (κ2) is 7.84. The molecule has 0 fully saturated rings. The molecule has 0 aliphatic carbocycles. The molecule has 1 aromatic heterocycles. The first-order chi connectivity index (χ1) is 11.5. The Balaban J connectivity index is 2.11. The molecule has 0 atom stereocenters. The number of anilines is 1. The van der Waals surface area contributed by atoms with E-state index >= 15 is 0 Å². The largest absolute Gasteiger partial charge is 0.490 e. The summed E-state index contributed by atoms with van der Waals surface area (Å²) >= 11 is 3.34. The van der Waals surface area contributed by atoms with Crippen LogP contribution in [0.5, 0.6) is 11.5 Å². The van der Waals surface area contributed by atoms with Gasteiger partial charge in [0.05, 0.1) is 39.8 Å². The summed E-state index contributed by atoms with van der Waals surface area (Å²) in [6, 6.07) is 5.23. The fourth-order valence-electron chi connectivity index (χ4n) is 2.08. The standard InChI is InChI=1S/C16H17BrN4O3/c1-4-23-13-6-11(7-18)5-12(17)16(13)24-8-14(22)19-15-9(2)20-21-10(15)3/h5-6H,4,8H2,1-3H3,(H,19,22)(H,20,21). The van der Waals surface area contributed by atoms with Crippen LogP contribution in [-0.2, 0) is 4.79 Å². The molecule has 0 unspecified atom stereocenters. The molecular formula is C16H17BrN4O3. The summed E-state index contributed by atoms with van der Waals surface area (Å²) in [6.45, 7) is 5.66. The van der Waals surface area contributed by atoms with E-state index in [1.807, 2.05) is 19.9 Å². The van der Waals surface area contributed by atoms with Gasteiger partial charge in [-0.3, -0.25) is 9.89 Å². The van der Waals surface area contributed by atoms with Gasteiger partial charge in [0.1, 0.15) is 0 Å². The van der Waals surface area contributed by atoms with Gasteiger partial charge in [-0.05, 0) is 42.8 Å². The van der Waals surface area contributed by atoms with E-state index in [4.69, 9.17) is 14.7 Å². The number of aryl methyl sites for hydroxylation is 2. The summed E-state index contributed by atoms with van der Waals surface area (Å²) in [7, 11) is 0. The van der Waals surface area contributed by atoms with E-state index in [0.717, 1.165) is 5.69 Å². The van der Waals surface area contributed by atoms with Gasteiger partial charge in [0.15, 0.2) is 18.1 Å². The van der Waals surface area contributed by atoms with Crippen molar-refractivity contribution < 1.29 is 14.3 Å². The maximum Gasteiger partial charge on any atom is 0.262 e. The molecule has 0 aliphatic heterocycles. The number of H-pyrrole nitrogens is 1. The summed E-state index contributed by atoms with van der Waals surface area (Å²) in [5.74, 6) is 0.472. The lowest BCUT2D eigenvalue weighted by Gasteiger charge is -2.14. The lowest BCUT2D eigenvalue weighted by molar-refractivity contribution is -0.118. The Kier molecular flexibility index (Phi) is 5.82. The van der Waals surface area contributed by atoms with E-state index in [9.17, 15) is 4.79 Å². The first-order valence-electron chi connectivity index (χ1n) is 7.26. The second-order valence-electron chi connectivity index (χ2n) is 4.98. The zero-order valence-corrected chi connectivity index (χ0v) is 15.2. The van der Waals surface area contributed by atoms with Crippen molar-refractivity contribution in [3.8, 4) is 17.6 Å². The molecule has 0 aliphatic rings. The number of carbonyl (C=O) groups is 1. The number of hydrogen-bond donors (Lipinski definition) is 2. The molecule has 2 N–H and O–H groups in total. The molecule has 1 heterocycles. The van der Waals surface area contributed by atoms with Crippen LogP contribution < -0.4 is 14.8 Å². The fourth-order valence-corrected chi connectivity index (χ4v) is 2.64. The molecule has 1 amide bonds. The van der Waals surface area contributed by atoms with E-state index in [1.54, 1.807) is 19.1 Å². The first kappa shape index (κ1) is 17.8. The van der Waals surface area contributed by atoms with E-state index in [0.29, 0.717) is 39.5 Å². The first-order valence-corrected chi connectivity index (χ1v) is 8.06. The number of aromatic amines is 1. The summed E-state index contributed by atoms with van der Waals surface area (Å²) in [4.78, 5) is 12.1. The Morgan fingerprint density at radius 1 is 1.42 bits per heavy atom. The Labute approximate surface area is 148 Å². The number of rotatable bonds is 6. The topological polar surface area (TPSA) is 100 Å². The number of amides is 1. The van der Waals surface area contributed by atoms with Crippen LogP contribution in [-0.4, -0.2) is 29.3 Å². The van der Waals surface area contributed by atoms with Crippen molar-refractivity contribution >= 4 is 27.5 Å². The van der Waals surface area contributed by atoms with Crippen molar-refractivity contribution in [2.24, 2.45) is 0 Å². The van der Waals surface area contributed by atoms with Crippen LogP contribution in [0.3, 0.4) is 0 Å². The molecule has 0 saturated carbocycles. The van der Waals surface area contributed by atoms with Gasteiger partial charge in [0, 0.05) is 6.07 Å². The van der Waals surface area contributed by atoms with Crippen LogP contribution in [0, 0.1) is 25.2 Å². The minimum Gasteiger partial charge on any atom is -0.490 e. The lowest BCUT2D eigenvalue weighted by atomic mass is 10.2. The van der Waals surface area contributed by atoms with Gasteiger partial charge in [0.2, 0.25) is 0 Å². The summed E-state index contributed by atoms with van der Waals surface area (Å²) in [5.41, 5.74) is 2.56. The van der Waals surface area contributed by atoms with Gasteiger partial charge in [-0.25, -0.2) is 0 Å². The SMILES string of the molecule is CCOc1cc(C#N)cc(Br)c1OCC(=O)Nc1c(C)n[nH]c1C. The molecule has 0 spiro atoms. The van der Waals surface area contributed by atoms with Crippen molar-refractivity contribution in [1.29, 1.82) is 5.26 Å². The highest BCUT2D eigenvalue weighted by molar-refractivity contribution is 9.10. The minimum absolute atomic E-state index is 0.200. The number of benzene rings is 1. The van der Waals surface area contributed by atoms with Crippen LogP contribution in [0.1, 0.15) is 23.9 Å². The zero-order chi connectivity index (χ0) is 17.7. The highest BCUT2D eigenvalue weighted by Crippen LogP contribution is 2.36. The number of ether oxygens (including phenoxy) is 2. The second-order valence-corrected chi connectivity index (χ2v) is 5.83. The van der Waals surface area contributed by atoms with Crippen LogP contribution >= 0.6 is 15.9 Å². The third kappa shape index (κ3) is 4.06. The van der Waals surface area contributed by atoms with Gasteiger partial charge in [-0.1, -0.05) is 0 Å². The molecular weight excluding hydrogens is 376 g/mol. The minimum atomic E-state index is -0.318. The van der Waals surface area contributed by atoms with Gasteiger partial charge in [-0.2, -0.15) is 10.4 Å². The number of halogens is 1. The number of nitrogens with one attached hydrogen (secondary N) is 2. The maximum atomic E-state index is 12.1. The monoisotopic (exact) mass is 392 g/mol. The van der Waals surface area contributed by atoms with Crippen molar-refractivity contribution in [3.05, 3.63) is 33.6 Å². The molecule has 8 heteroatoms. The average Bonchev–Trinajstić information content (AvgIpc) is 2.86. The predicted molar refractivity (Wildman–Crippen MR) is 92.2 cm³/mol. The smallest absolute Gasteiger partial charge is 0.262 e. The molecule has 0 bridgehead atoms. The summed E-state index contributed by atoms with van der Waals surface area (Å²) < 4.78 is 11.6. The van der Waals surface area contributed by atoms with E-state index in [-0.39, 0.29) is 12.5 Å². The van der Waals surface area contributed by atoms with E-state index in [2.05, 4.69) is 31.4 Å². The van der Waals surface area contributed by atoms with Gasteiger partial charge >= 0.3 is 0 Å². The Bertz CT molecular complexity index is 776. The van der Waals surface area contributed by atoms with E-state index in [1.165, 1.54) is 0 Å². The molecule has 7 nitrogen and oxygen atoms in total. The highest BCUT2D eigenvalue weighted by Gasteiger charge is 2.15. The van der Waals surface area contributed by atoms with Crippen LogP contribution in [0.25, 0.3) is 0 Å². The molecule has 0 saturated heterocycles. The van der Waals surface area contributed by atoms with Gasteiger partial charge in [-0.15, -0.1) is 0 Å². The third-order valence-corrected chi connectivity index (χ3v) is 3.77. The number of nitrogens with zero attached hydrogens (tertiary/aromatic N) is 2.